The molecular weight excluding hydrogens is 372 g/mol. The van der Waals surface area contributed by atoms with E-state index in [9.17, 15) is 5.11 Å². The highest BCUT2D eigenvalue weighted by molar-refractivity contribution is 6.30. The number of quaternary nitrogens is 2. The van der Waals surface area contributed by atoms with Gasteiger partial charge in [0.1, 0.15) is 45.4 Å². The van der Waals surface area contributed by atoms with Crippen LogP contribution in [-0.4, -0.2) is 56.6 Å². The molecule has 1 saturated heterocycles. The van der Waals surface area contributed by atoms with Crippen molar-refractivity contribution in [2.45, 2.75) is 58.8 Å². The molecule has 0 aromatic heterocycles. The number of hydrogen-bond donors (Lipinski definition) is 3. The Hall–Kier alpha value is -0.650. The van der Waals surface area contributed by atoms with Gasteiger partial charge in [-0.2, -0.15) is 0 Å². The number of nitrogens with one attached hydrogen (secondary N) is 2. The quantitative estimate of drug-likeness (QED) is 0.632. The highest BCUT2D eigenvalue weighted by atomic mass is 35.5. The van der Waals surface area contributed by atoms with E-state index < -0.39 is 0 Å². The number of rotatable bonds is 7. The van der Waals surface area contributed by atoms with Crippen LogP contribution >= 0.6 is 11.6 Å². The van der Waals surface area contributed by atoms with Gasteiger partial charge in [-0.15, -0.1) is 0 Å². The topological polar surface area (TPSA) is 38.3 Å². The second kappa shape index (κ2) is 9.90. The third kappa shape index (κ3) is 7.00. The molecule has 28 heavy (non-hydrogen) atoms. The van der Waals surface area contributed by atoms with E-state index >= 15 is 0 Å². The zero-order valence-corrected chi connectivity index (χ0v) is 18.6. The van der Waals surface area contributed by atoms with Crippen LogP contribution in [0.15, 0.2) is 24.3 Å². The Morgan fingerprint density at radius 2 is 1.75 bits per heavy atom. The summed E-state index contributed by atoms with van der Waals surface area (Å²) in [5.74, 6) is 0.716. The highest BCUT2D eigenvalue weighted by Crippen LogP contribution is 2.39. The van der Waals surface area contributed by atoms with Crippen LogP contribution in [0.1, 0.15) is 45.6 Å². The smallest absolute Gasteiger partial charge is 0.127 e. The summed E-state index contributed by atoms with van der Waals surface area (Å²) in [5, 5.41) is 11.3. The highest BCUT2D eigenvalue weighted by Gasteiger charge is 2.33. The van der Waals surface area contributed by atoms with Crippen LogP contribution in [-0.2, 0) is 11.3 Å². The molecular formula is C23H39ClN2O2+2. The van der Waals surface area contributed by atoms with Crippen molar-refractivity contribution in [2.24, 2.45) is 11.3 Å². The van der Waals surface area contributed by atoms with Crippen LogP contribution in [0.3, 0.4) is 0 Å². The Morgan fingerprint density at radius 1 is 1.11 bits per heavy atom. The standard InChI is InChI=1S/C23H37ClN2O2/c1-18-12-22(14-23(2,3)13-18)28-17-21(27)16-26-10-8-25(9-11-26)15-19-4-6-20(24)7-5-19/h4-7,18,21-22,27H,8-17H2,1-3H3/p+2/t18-,21+,22-/m0/s1. The van der Waals surface area contributed by atoms with Gasteiger partial charge in [-0.25, -0.2) is 0 Å². The van der Waals surface area contributed by atoms with Crippen molar-refractivity contribution >= 4 is 11.6 Å². The van der Waals surface area contributed by atoms with E-state index in [1.807, 2.05) is 12.1 Å². The van der Waals surface area contributed by atoms with Crippen molar-refractivity contribution in [3.63, 3.8) is 0 Å². The normalized spacial score (nSPS) is 31.5. The SMILES string of the molecule is C[C@H]1C[C@H](OC[C@H](O)C[NH+]2CC[NH+](Cc3ccc(Cl)cc3)CC2)CC(C)(C)C1. The van der Waals surface area contributed by atoms with Crippen molar-refractivity contribution in [3.05, 3.63) is 34.9 Å². The first-order valence-corrected chi connectivity index (χ1v) is 11.4. The van der Waals surface area contributed by atoms with Crippen molar-refractivity contribution < 1.29 is 19.6 Å². The average molecular weight is 411 g/mol. The molecule has 1 aliphatic carbocycles. The molecule has 3 atom stereocenters. The van der Waals surface area contributed by atoms with Gasteiger partial charge >= 0.3 is 0 Å². The van der Waals surface area contributed by atoms with Gasteiger partial charge in [0.15, 0.2) is 0 Å². The van der Waals surface area contributed by atoms with Crippen molar-refractivity contribution in [3.8, 4) is 0 Å². The largest absolute Gasteiger partial charge is 0.385 e. The Balaban J connectivity index is 1.34. The minimum Gasteiger partial charge on any atom is -0.385 e. The summed E-state index contributed by atoms with van der Waals surface area (Å²) in [6, 6.07) is 8.21. The lowest BCUT2D eigenvalue weighted by molar-refractivity contribution is -1.02. The monoisotopic (exact) mass is 410 g/mol. The zero-order valence-electron chi connectivity index (χ0n) is 17.8. The molecule has 1 aromatic carbocycles. The van der Waals surface area contributed by atoms with Gasteiger partial charge in [0.25, 0.3) is 0 Å². The van der Waals surface area contributed by atoms with Gasteiger partial charge in [-0.3, -0.25) is 0 Å². The van der Waals surface area contributed by atoms with Crippen molar-refractivity contribution in [1.82, 2.24) is 0 Å². The van der Waals surface area contributed by atoms with Crippen LogP contribution < -0.4 is 9.80 Å². The first-order valence-electron chi connectivity index (χ1n) is 11.0. The third-order valence-corrected chi connectivity index (χ3v) is 6.68. The van der Waals surface area contributed by atoms with E-state index in [0.29, 0.717) is 24.0 Å². The molecule has 3 rings (SSSR count). The van der Waals surface area contributed by atoms with Gasteiger partial charge in [-0.05, 0) is 42.7 Å². The fraction of sp³-hybridized carbons (Fsp3) is 0.739. The minimum absolute atomic E-state index is 0.309. The van der Waals surface area contributed by atoms with E-state index in [1.165, 1.54) is 16.9 Å². The molecule has 0 amide bonds. The summed E-state index contributed by atoms with van der Waals surface area (Å²) in [7, 11) is 0. The van der Waals surface area contributed by atoms with E-state index in [2.05, 4.69) is 32.9 Å². The summed E-state index contributed by atoms with van der Waals surface area (Å²) < 4.78 is 6.12. The summed E-state index contributed by atoms with van der Waals surface area (Å²) in [5.41, 5.74) is 1.71. The predicted molar refractivity (Wildman–Crippen MR) is 114 cm³/mol. The molecule has 158 valence electrons. The molecule has 2 fully saturated rings. The molecule has 0 spiro atoms. The van der Waals surface area contributed by atoms with Crippen molar-refractivity contribution in [1.29, 1.82) is 0 Å². The first-order chi connectivity index (χ1) is 13.3. The Kier molecular flexibility index (Phi) is 7.80. The summed E-state index contributed by atoms with van der Waals surface area (Å²) in [6.07, 6.45) is 3.49. The van der Waals surface area contributed by atoms with Gasteiger partial charge in [0.2, 0.25) is 0 Å². The molecule has 0 bridgehead atoms. The summed E-state index contributed by atoms with van der Waals surface area (Å²) in [4.78, 5) is 3.13. The van der Waals surface area contributed by atoms with Crippen LogP contribution in [0, 0.1) is 11.3 Å². The van der Waals surface area contributed by atoms with Gasteiger partial charge < -0.3 is 19.6 Å². The number of piperazine rings is 1. The van der Waals surface area contributed by atoms with Crippen molar-refractivity contribution in [2.75, 3.05) is 39.3 Å². The third-order valence-electron chi connectivity index (χ3n) is 6.43. The second-order valence-corrected chi connectivity index (χ2v) is 10.5. The fourth-order valence-corrected chi connectivity index (χ4v) is 5.38. The van der Waals surface area contributed by atoms with Gasteiger partial charge in [0.05, 0.1) is 12.7 Å². The molecule has 1 aliphatic heterocycles. The number of aliphatic hydroxyl groups is 1. The molecule has 5 heteroatoms. The maximum Gasteiger partial charge on any atom is 0.127 e. The lowest BCUT2D eigenvalue weighted by atomic mass is 9.71. The number of aliphatic hydroxyl groups excluding tert-OH is 1. The van der Waals surface area contributed by atoms with E-state index in [0.717, 1.165) is 57.1 Å². The number of hydrogen-bond acceptors (Lipinski definition) is 2. The minimum atomic E-state index is -0.354. The average Bonchev–Trinajstić information content (AvgIpc) is 2.62. The van der Waals surface area contributed by atoms with E-state index in [4.69, 9.17) is 16.3 Å². The fourth-order valence-electron chi connectivity index (χ4n) is 5.25. The molecule has 1 aromatic rings. The molecule has 0 radical (unpaired) electrons. The molecule has 3 N–H and O–H groups in total. The summed E-state index contributed by atoms with van der Waals surface area (Å²) in [6.45, 7) is 13.9. The second-order valence-electron chi connectivity index (χ2n) is 10.0. The maximum absolute atomic E-state index is 10.5. The lowest BCUT2D eigenvalue weighted by Crippen LogP contribution is -3.28. The molecule has 0 unspecified atom stereocenters. The zero-order chi connectivity index (χ0) is 20.1. The van der Waals surface area contributed by atoms with Gasteiger partial charge in [-0.1, -0.05) is 44.5 Å². The lowest BCUT2D eigenvalue weighted by Gasteiger charge is -2.39. The van der Waals surface area contributed by atoms with Crippen LogP contribution in [0.2, 0.25) is 5.02 Å². The van der Waals surface area contributed by atoms with E-state index in [-0.39, 0.29) is 6.10 Å². The van der Waals surface area contributed by atoms with Gasteiger partial charge in [0, 0.05) is 10.6 Å². The first kappa shape index (κ1) is 22.0. The number of benzene rings is 1. The van der Waals surface area contributed by atoms with Crippen LogP contribution in [0.5, 0.6) is 0 Å². The Morgan fingerprint density at radius 3 is 2.39 bits per heavy atom. The Labute approximate surface area is 175 Å². The number of ether oxygens (including phenoxy) is 1. The molecule has 1 saturated carbocycles. The number of halogens is 1. The molecule has 4 nitrogen and oxygen atoms in total. The van der Waals surface area contributed by atoms with E-state index in [1.54, 1.807) is 4.90 Å². The molecule has 1 heterocycles. The Bertz CT molecular complexity index is 599. The summed E-state index contributed by atoms with van der Waals surface area (Å²) >= 11 is 5.97. The predicted octanol–water partition coefficient (Wildman–Crippen LogP) is 1.22. The van der Waals surface area contributed by atoms with Crippen LogP contribution in [0.4, 0.5) is 0 Å². The maximum atomic E-state index is 10.5. The molecule has 2 aliphatic rings. The van der Waals surface area contributed by atoms with Crippen LogP contribution in [0.25, 0.3) is 0 Å².